The van der Waals surface area contributed by atoms with Gasteiger partial charge in [0.05, 0.1) is 19.3 Å². The minimum absolute atomic E-state index is 0. The Morgan fingerprint density at radius 3 is 2.19 bits per heavy atom. The van der Waals surface area contributed by atoms with Crippen molar-refractivity contribution in [3.63, 3.8) is 0 Å². The third-order valence-corrected chi connectivity index (χ3v) is 3.78. The summed E-state index contributed by atoms with van der Waals surface area (Å²) < 4.78 is 5.34. The van der Waals surface area contributed by atoms with Gasteiger partial charge in [-0.05, 0) is 26.2 Å². The highest BCUT2D eigenvalue weighted by Gasteiger charge is 2.25. The maximum absolute atomic E-state index is 12.0. The van der Waals surface area contributed by atoms with E-state index in [1.807, 2.05) is 6.92 Å². The highest BCUT2D eigenvalue weighted by molar-refractivity contribution is 5.85. The molecule has 1 heterocycles. The topological polar surface area (TPSA) is 67.6 Å². The summed E-state index contributed by atoms with van der Waals surface area (Å²) in [5, 5.41) is 3.04. The van der Waals surface area contributed by atoms with Gasteiger partial charge in [-0.2, -0.15) is 0 Å². The average Bonchev–Trinajstić information content (AvgIpc) is 2.37. The smallest absolute Gasteiger partial charge is 0.237 e. The van der Waals surface area contributed by atoms with Gasteiger partial charge in [0.1, 0.15) is 0 Å². The Hall–Kier alpha value is -0.0700. The second kappa shape index (κ2) is 11.5. The van der Waals surface area contributed by atoms with Gasteiger partial charge in [0, 0.05) is 25.2 Å². The summed E-state index contributed by atoms with van der Waals surface area (Å²) in [5.41, 5.74) is 5.90. The van der Waals surface area contributed by atoms with E-state index < -0.39 is 6.04 Å². The molecule has 0 aromatic carbocycles. The van der Waals surface area contributed by atoms with E-state index in [0.717, 1.165) is 32.7 Å². The van der Waals surface area contributed by atoms with Crippen LogP contribution >= 0.6 is 24.8 Å². The zero-order valence-electron chi connectivity index (χ0n) is 13.5. The fourth-order valence-electron chi connectivity index (χ4n) is 2.37. The minimum atomic E-state index is -0.403. The van der Waals surface area contributed by atoms with Gasteiger partial charge in [0.2, 0.25) is 5.91 Å². The Bertz CT molecular complexity index is 287. The Labute approximate surface area is 141 Å². The number of nitrogens with zero attached hydrogens (tertiary/aromatic N) is 1. The first-order valence-corrected chi connectivity index (χ1v) is 7.29. The van der Waals surface area contributed by atoms with E-state index in [0.29, 0.717) is 12.0 Å². The van der Waals surface area contributed by atoms with Crippen LogP contribution in [0.15, 0.2) is 0 Å². The Kier molecular flexibility index (Phi) is 12.7. The second-order valence-corrected chi connectivity index (χ2v) is 5.92. The lowest BCUT2D eigenvalue weighted by atomic mass is 10.0. The van der Waals surface area contributed by atoms with Crippen molar-refractivity contribution in [3.05, 3.63) is 0 Å². The zero-order valence-corrected chi connectivity index (χ0v) is 15.1. The summed E-state index contributed by atoms with van der Waals surface area (Å²) in [6.45, 7) is 11.7. The van der Waals surface area contributed by atoms with Gasteiger partial charge in [0.15, 0.2) is 0 Å². The highest BCUT2D eigenvalue weighted by Crippen LogP contribution is 2.08. The normalized spacial score (nSPS) is 19.9. The first-order chi connectivity index (χ1) is 8.91. The van der Waals surface area contributed by atoms with E-state index in [9.17, 15) is 4.79 Å². The molecule has 0 aliphatic carbocycles. The third kappa shape index (κ3) is 8.21. The van der Waals surface area contributed by atoms with Gasteiger partial charge in [-0.15, -0.1) is 24.8 Å². The molecule has 7 heteroatoms. The summed E-state index contributed by atoms with van der Waals surface area (Å²) in [6.07, 6.45) is 0.727. The molecule has 1 aliphatic heterocycles. The molecule has 5 nitrogen and oxygen atoms in total. The molecule has 0 aromatic rings. The maximum Gasteiger partial charge on any atom is 0.237 e. The number of carbonyl (C=O) groups excluding carboxylic acids is 1. The van der Waals surface area contributed by atoms with Crippen molar-refractivity contribution < 1.29 is 9.53 Å². The summed E-state index contributed by atoms with van der Waals surface area (Å²) in [4.78, 5) is 14.3. The van der Waals surface area contributed by atoms with E-state index >= 15 is 0 Å². The van der Waals surface area contributed by atoms with Crippen molar-refractivity contribution in [3.8, 4) is 0 Å². The number of hydrogen-bond donors (Lipinski definition) is 2. The molecule has 0 saturated carbocycles. The molecule has 0 bridgehead atoms. The van der Waals surface area contributed by atoms with Crippen molar-refractivity contribution in [1.82, 2.24) is 10.2 Å². The van der Waals surface area contributed by atoms with Crippen LogP contribution < -0.4 is 11.1 Å². The van der Waals surface area contributed by atoms with E-state index in [1.165, 1.54) is 0 Å². The largest absolute Gasteiger partial charge is 0.379 e. The molecular weight excluding hydrogens is 313 g/mol. The summed E-state index contributed by atoms with van der Waals surface area (Å²) in [5.74, 6) is 0.397. The molecule has 1 amide bonds. The quantitative estimate of drug-likeness (QED) is 0.765. The van der Waals surface area contributed by atoms with Crippen LogP contribution in [0.2, 0.25) is 0 Å². The number of hydrogen-bond acceptors (Lipinski definition) is 4. The fraction of sp³-hybridized carbons (Fsp3) is 0.929. The highest BCUT2D eigenvalue weighted by atomic mass is 35.5. The predicted molar refractivity (Wildman–Crippen MR) is 91.4 cm³/mol. The lowest BCUT2D eigenvalue weighted by Crippen LogP contribution is -2.54. The number of halogens is 2. The second-order valence-electron chi connectivity index (χ2n) is 5.92. The molecule has 1 fully saturated rings. The number of nitrogens with one attached hydrogen (secondary N) is 1. The van der Waals surface area contributed by atoms with Crippen molar-refractivity contribution in [2.75, 3.05) is 26.3 Å². The van der Waals surface area contributed by atoms with Crippen LogP contribution in [-0.4, -0.2) is 55.2 Å². The van der Waals surface area contributed by atoms with Crippen LogP contribution in [0.3, 0.4) is 0 Å². The number of ether oxygens (including phenoxy) is 1. The molecule has 0 spiro atoms. The number of carbonyl (C=O) groups is 1. The molecule has 1 rings (SSSR count). The SMILES string of the molecule is CC(C)C[C@H](N)C(=O)NC(C)C(C)N1CCOCC1.Cl.Cl. The number of amides is 1. The molecule has 3 N–H and O–H groups in total. The number of nitrogens with two attached hydrogens (primary N) is 1. The molecule has 2 unspecified atom stereocenters. The Morgan fingerprint density at radius 2 is 1.71 bits per heavy atom. The lowest BCUT2D eigenvalue weighted by Gasteiger charge is -2.36. The molecule has 21 heavy (non-hydrogen) atoms. The van der Waals surface area contributed by atoms with Crippen LogP contribution in [0.1, 0.15) is 34.1 Å². The van der Waals surface area contributed by atoms with E-state index in [-0.39, 0.29) is 36.8 Å². The lowest BCUT2D eigenvalue weighted by molar-refractivity contribution is -0.123. The first kappa shape index (κ1) is 23.2. The van der Waals surface area contributed by atoms with Crippen molar-refractivity contribution >= 4 is 30.7 Å². The average molecular weight is 344 g/mol. The van der Waals surface area contributed by atoms with Crippen molar-refractivity contribution in [2.45, 2.75) is 52.2 Å². The summed E-state index contributed by atoms with van der Waals surface area (Å²) >= 11 is 0. The minimum Gasteiger partial charge on any atom is -0.379 e. The van der Waals surface area contributed by atoms with Gasteiger partial charge in [-0.1, -0.05) is 13.8 Å². The van der Waals surface area contributed by atoms with E-state index in [1.54, 1.807) is 0 Å². The van der Waals surface area contributed by atoms with E-state index in [2.05, 4.69) is 31.0 Å². The summed E-state index contributed by atoms with van der Waals surface area (Å²) in [6, 6.07) is 0.00208. The fourth-order valence-corrected chi connectivity index (χ4v) is 2.37. The molecule has 1 saturated heterocycles. The first-order valence-electron chi connectivity index (χ1n) is 7.29. The Balaban J connectivity index is 0. The van der Waals surface area contributed by atoms with Crippen LogP contribution in [0.5, 0.6) is 0 Å². The number of rotatable bonds is 6. The zero-order chi connectivity index (χ0) is 14.4. The van der Waals surface area contributed by atoms with Gasteiger partial charge >= 0.3 is 0 Å². The monoisotopic (exact) mass is 343 g/mol. The molecule has 3 atom stereocenters. The van der Waals surface area contributed by atoms with Gasteiger partial charge in [-0.3, -0.25) is 9.69 Å². The molecule has 0 radical (unpaired) electrons. The maximum atomic E-state index is 12.0. The summed E-state index contributed by atoms with van der Waals surface area (Å²) in [7, 11) is 0. The Morgan fingerprint density at radius 1 is 1.19 bits per heavy atom. The molecule has 0 aromatic heterocycles. The molecule has 128 valence electrons. The standard InChI is InChI=1S/C14H29N3O2.2ClH/c1-10(2)9-13(15)14(18)16-11(3)12(4)17-5-7-19-8-6-17;;/h10-13H,5-9,15H2,1-4H3,(H,16,18);2*1H/t11?,12?,13-;;/m0../s1. The number of morpholine rings is 1. The van der Waals surface area contributed by atoms with Gasteiger partial charge < -0.3 is 15.8 Å². The third-order valence-electron chi connectivity index (χ3n) is 3.78. The van der Waals surface area contributed by atoms with Gasteiger partial charge in [-0.25, -0.2) is 0 Å². The van der Waals surface area contributed by atoms with Crippen LogP contribution in [-0.2, 0) is 9.53 Å². The van der Waals surface area contributed by atoms with Gasteiger partial charge in [0.25, 0.3) is 0 Å². The van der Waals surface area contributed by atoms with Crippen molar-refractivity contribution in [1.29, 1.82) is 0 Å². The molecule has 1 aliphatic rings. The van der Waals surface area contributed by atoms with Crippen LogP contribution in [0.25, 0.3) is 0 Å². The van der Waals surface area contributed by atoms with E-state index in [4.69, 9.17) is 10.5 Å². The predicted octanol–water partition coefficient (Wildman–Crippen LogP) is 1.43. The van der Waals surface area contributed by atoms with Crippen LogP contribution in [0.4, 0.5) is 0 Å². The van der Waals surface area contributed by atoms with Crippen molar-refractivity contribution in [2.24, 2.45) is 11.7 Å². The van der Waals surface area contributed by atoms with Crippen LogP contribution in [0, 0.1) is 5.92 Å². The molecular formula is C14H31Cl2N3O2.